The van der Waals surface area contributed by atoms with E-state index in [0.717, 1.165) is 0 Å². The lowest BCUT2D eigenvalue weighted by molar-refractivity contribution is 0.293. The molecule has 0 aromatic carbocycles. The van der Waals surface area contributed by atoms with Gasteiger partial charge in [0.1, 0.15) is 0 Å². The Labute approximate surface area is 102 Å². The Balaban J connectivity index is 2.81. The van der Waals surface area contributed by atoms with Crippen molar-refractivity contribution in [3.8, 4) is 0 Å². The Bertz CT molecular complexity index is 215. The SMILES string of the molecule is CC(C)(C)N1C=CN(C(C)(C)C)B1I. The second-order valence-corrected chi connectivity index (χ2v) is 6.88. The van der Waals surface area contributed by atoms with E-state index >= 15 is 0 Å². The van der Waals surface area contributed by atoms with Gasteiger partial charge in [0.05, 0.1) is 0 Å². The van der Waals surface area contributed by atoms with Gasteiger partial charge in [-0.3, -0.25) is 0 Å². The maximum Gasteiger partial charge on any atom is 0.449 e. The summed E-state index contributed by atoms with van der Waals surface area (Å²) in [5, 5.41) is 0. The molecule has 1 aliphatic heterocycles. The minimum absolute atomic E-state index is 0.197. The molecule has 1 aliphatic rings. The molecule has 0 radical (unpaired) electrons. The van der Waals surface area contributed by atoms with E-state index in [-0.39, 0.29) is 11.1 Å². The molecule has 4 heteroatoms. The second-order valence-electron chi connectivity index (χ2n) is 5.76. The molecule has 0 bridgehead atoms. The molecule has 0 unspecified atom stereocenters. The van der Waals surface area contributed by atoms with Gasteiger partial charge < -0.3 is 9.62 Å². The molecular formula is C10H20BIN2. The summed E-state index contributed by atoms with van der Waals surface area (Å²) in [5.74, 6) is 0. The molecule has 0 aliphatic carbocycles. The zero-order chi connectivity index (χ0) is 11.1. The van der Waals surface area contributed by atoms with Gasteiger partial charge in [0, 0.05) is 23.5 Å². The van der Waals surface area contributed by atoms with E-state index in [1.165, 1.54) is 0 Å². The lowest BCUT2D eigenvalue weighted by Crippen LogP contribution is -2.53. The third-order valence-electron chi connectivity index (χ3n) is 2.40. The smallest absolute Gasteiger partial charge is 0.387 e. The van der Waals surface area contributed by atoms with E-state index in [1.54, 1.807) is 0 Å². The Hall–Kier alpha value is 0.135. The van der Waals surface area contributed by atoms with Crippen LogP contribution in [-0.4, -0.2) is 25.5 Å². The van der Waals surface area contributed by atoms with Gasteiger partial charge in [-0.05, 0) is 41.5 Å². The van der Waals surface area contributed by atoms with E-state index in [2.05, 4.69) is 85.9 Å². The third-order valence-corrected chi connectivity index (χ3v) is 3.60. The van der Waals surface area contributed by atoms with Crippen LogP contribution in [0.15, 0.2) is 12.4 Å². The molecule has 1 heterocycles. The van der Waals surface area contributed by atoms with Crippen LogP contribution in [0.5, 0.6) is 0 Å². The Morgan fingerprint density at radius 2 is 1.14 bits per heavy atom. The monoisotopic (exact) mass is 306 g/mol. The zero-order valence-electron chi connectivity index (χ0n) is 10.0. The molecular weight excluding hydrogens is 286 g/mol. The molecule has 0 fully saturated rings. The van der Waals surface area contributed by atoms with Gasteiger partial charge in [-0.15, -0.1) is 0 Å². The molecule has 0 saturated heterocycles. The van der Waals surface area contributed by atoms with Crippen molar-refractivity contribution >= 4 is 27.2 Å². The van der Waals surface area contributed by atoms with Crippen molar-refractivity contribution in [2.45, 2.75) is 52.6 Å². The first-order valence-electron chi connectivity index (χ1n) is 5.03. The Kier molecular flexibility index (Phi) is 3.15. The summed E-state index contributed by atoms with van der Waals surface area (Å²) in [6.45, 7) is 13.5. The normalized spacial score (nSPS) is 18.4. The quantitative estimate of drug-likeness (QED) is 0.501. The lowest BCUT2D eigenvalue weighted by atomic mass is 9.91. The van der Waals surface area contributed by atoms with Crippen molar-refractivity contribution in [2.24, 2.45) is 0 Å². The molecule has 0 amide bonds. The van der Waals surface area contributed by atoms with Gasteiger partial charge in [0.2, 0.25) is 0 Å². The number of halogens is 1. The first-order valence-corrected chi connectivity index (χ1v) is 6.28. The fourth-order valence-electron chi connectivity index (χ4n) is 1.51. The predicted molar refractivity (Wildman–Crippen MR) is 72.1 cm³/mol. The molecule has 0 aromatic heterocycles. The summed E-state index contributed by atoms with van der Waals surface area (Å²) in [6, 6.07) is 0. The molecule has 0 aromatic rings. The first-order chi connectivity index (χ1) is 6.14. The maximum absolute atomic E-state index is 2.50. The van der Waals surface area contributed by atoms with Crippen molar-refractivity contribution < 1.29 is 0 Å². The predicted octanol–water partition coefficient (Wildman–Crippen LogP) is 3.09. The van der Waals surface area contributed by atoms with Crippen LogP contribution in [-0.2, 0) is 0 Å². The summed E-state index contributed by atoms with van der Waals surface area (Å²) in [6.07, 6.45) is 4.39. The van der Waals surface area contributed by atoms with Crippen LogP contribution in [0.25, 0.3) is 0 Å². The topological polar surface area (TPSA) is 6.48 Å². The lowest BCUT2D eigenvalue weighted by Gasteiger charge is -2.40. The highest BCUT2D eigenvalue weighted by molar-refractivity contribution is 14.1. The standard InChI is InChI=1S/C10H20BIN2/c1-9(2,3)13-7-8-14(11(13)12)10(4,5)6/h7-8H,1-6H3. The van der Waals surface area contributed by atoms with E-state index in [9.17, 15) is 0 Å². The molecule has 1 rings (SSSR count). The summed E-state index contributed by atoms with van der Waals surface area (Å²) < 4.78 is 0. The van der Waals surface area contributed by atoms with Crippen molar-refractivity contribution in [1.29, 1.82) is 0 Å². The van der Waals surface area contributed by atoms with Gasteiger partial charge in [-0.25, -0.2) is 0 Å². The number of hydrogen-bond donors (Lipinski definition) is 0. The number of nitrogens with zero attached hydrogens (tertiary/aromatic N) is 2. The average Bonchev–Trinajstić information content (AvgIpc) is 2.26. The highest BCUT2D eigenvalue weighted by Crippen LogP contribution is 2.31. The summed E-state index contributed by atoms with van der Waals surface area (Å²) >= 11 is 2.50. The highest BCUT2D eigenvalue weighted by atomic mass is 127. The van der Waals surface area contributed by atoms with Crippen molar-refractivity contribution in [1.82, 2.24) is 9.62 Å². The third kappa shape index (κ3) is 2.38. The van der Waals surface area contributed by atoms with E-state index in [4.69, 9.17) is 0 Å². The van der Waals surface area contributed by atoms with Crippen LogP contribution in [0.2, 0.25) is 0 Å². The average molecular weight is 306 g/mol. The number of hydrogen-bond acceptors (Lipinski definition) is 2. The van der Waals surface area contributed by atoms with Crippen LogP contribution >= 0.6 is 22.4 Å². The van der Waals surface area contributed by atoms with Crippen LogP contribution in [0.4, 0.5) is 0 Å². The van der Waals surface area contributed by atoms with Gasteiger partial charge in [-0.1, -0.05) is 22.4 Å². The Morgan fingerprint density at radius 1 is 0.857 bits per heavy atom. The summed E-state index contributed by atoms with van der Waals surface area (Å²) in [5.41, 5.74) is 0.394. The van der Waals surface area contributed by atoms with Crippen LogP contribution in [0.1, 0.15) is 41.5 Å². The van der Waals surface area contributed by atoms with E-state index in [1.807, 2.05) is 0 Å². The van der Waals surface area contributed by atoms with Gasteiger partial charge in [0.25, 0.3) is 0 Å². The first kappa shape index (κ1) is 12.2. The largest absolute Gasteiger partial charge is 0.449 e. The van der Waals surface area contributed by atoms with Gasteiger partial charge >= 0.3 is 4.84 Å². The molecule has 0 saturated carbocycles. The second kappa shape index (κ2) is 3.61. The Morgan fingerprint density at radius 3 is 1.29 bits per heavy atom. The van der Waals surface area contributed by atoms with Gasteiger partial charge in [0.15, 0.2) is 0 Å². The van der Waals surface area contributed by atoms with Crippen molar-refractivity contribution in [2.75, 3.05) is 0 Å². The molecule has 0 atom stereocenters. The molecule has 2 nitrogen and oxygen atoms in total. The molecule has 0 N–H and O–H groups in total. The fourth-order valence-corrected chi connectivity index (χ4v) is 3.55. The molecule has 14 heavy (non-hydrogen) atoms. The minimum Gasteiger partial charge on any atom is -0.387 e. The minimum atomic E-state index is 0.197. The van der Waals surface area contributed by atoms with Crippen molar-refractivity contribution in [3.63, 3.8) is 0 Å². The summed E-state index contributed by atoms with van der Waals surface area (Å²) in [4.78, 5) is 5.20. The number of rotatable bonds is 0. The zero-order valence-corrected chi connectivity index (χ0v) is 12.2. The van der Waals surface area contributed by atoms with Gasteiger partial charge in [-0.2, -0.15) is 0 Å². The molecule has 80 valence electrons. The van der Waals surface area contributed by atoms with Crippen LogP contribution in [0, 0.1) is 0 Å². The molecule has 0 spiro atoms. The highest BCUT2D eigenvalue weighted by Gasteiger charge is 2.40. The van der Waals surface area contributed by atoms with Crippen LogP contribution in [0.3, 0.4) is 0 Å². The van der Waals surface area contributed by atoms with Crippen LogP contribution < -0.4 is 0 Å². The van der Waals surface area contributed by atoms with E-state index in [0.29, 0.717) is 4.84 Å². The summed E-state index contributed by atoms with van der Waals surface area (Å²) in [7, 11) is 0. The van der Waals surface area contributed by atoms with E-state index < -0.39 is 0 Å². The van der Waals surface area contributed by atoms with Crippen molar-refractivity contribution in [3.05, 3.63) is 12.4 Å². The fraction of sp³-hybridized carbons (Fsp3) is 0.800. The maximum atomic E-state index is 2.50.